The van der Waals surface area contributed by atoms with Crippen LogP contribution in [0.4, 0.5) is 18.9 Å². The molecule has 6 rings (SSSR count). The van der Waals surface area contributed by atoms with Gasteiger partial charge in [0, 0.05) is 48.6 Å². The number of rotatable bonds is 6. The second kappa shape index (κ2) is 11.0. The van der Waals surface area contributed by atoms with Crippen LogP contribution in [0.2, 0.25) is 0 Å². The van der Waals surface area contributed by atoms with E-state index in [2.05, 4.69) is 16.4 Å². The second-order valence-corrected chi connectivity index (χ2v) is 13.9. The Morgan fingerprint density at radius 1 is 1.05 bits per heavy atom. The van der Waals surface area contributed by atoms with Crippen LogP contribution in [0.3, 0.4) is 0 Å². The maximum atomic E-state index is 13.5. The summed E-state index contributed by atoms with van der Waals surface area (Å²) in [6, 6.07) is 12.1. The molecule has 2 aromatic heterocycles. The summed E-state index contributed by atoms with van der Waals surface area (Å²) in [5, 5.41) is 17.3. The zero-order valence-corrected chi connectivity index (χ0v) is 24.2. The lowest BCUT2D eigenvalue weighted by Crippen LogP contribution is -2.42. The highest BCUT2D eigenvalue weighted by Crippen LogP contribution is 2.43. The van der Waals surface area contributed by atoms with Crippen molar-refractivity contribution in [2.45, 2.75) is 56.2 Å². The number of carbonyl (C=O) groups excluding carboxylic acids is 1. The maximum Gasteiger partial charge on any atom is 0.417 e. The number of hydrogen-bond acceptors (Lipinski definition) is 7. The quantitative estimate of drug-likeness (QED) is 0.431. The molecule has 1 saturated heterocycles. The van der Waals surface area contributed by atoms with Gasteiger partial charge in [0.15, 0.2) is 15.7 Å². The average molecular weight is 613 g/mol. The number of hydrogen-bond donors (Lipinski definition) is 1. The van der Waals surface area contributed by atoms with Gasteiger partial charge in [-0.2, -0.15) is 23.5 Å². The largest absolute Gasteiger partial charge is 0.417 e. The molecule has 3 fully saturated rings. The molecule has 9 nitrogen and oxygen atoms in total. The number of nitrogens with one attached hydrogen (secondary N) is 1. The standard InChI is InChI=1S/C30H31F3N6O3S/c31-30(32,33)21-7-10-26(35-17-21)39-18-25(20-5-8-22(9-6-20)38-13-15-43(41,42)16-14-38)27(37-39)23-3-1-2-4-24(23)28(40)36-29(19-34)11-12-29/h5-10,17-18,23-24H,1-4,11-16H2,(H,36,40). The summed E-state index contributed by atoms with van der Waals surface area (Å²) >= 11 is 0. The van der Waals surface area contributed by atoms with Crippen LogP contribution in [0.1, 0.15) is 55.7 Å². The highest BCUT2D eigenvalue weighted by Gasteiger charge is 2.47. The third-order valence-electron chi connectivity index (χ3n) is 8.72. The molecule has 226 valence electrons. The summed E-state index contributed by atoms with van der Waals surface area (Å²) in [6.07, 6.45) is 2.33. The number of anilines is 1. The number of amides is 1. The fraction of sp³-hybridized carbons (Fsp3) is 0.467. The number of carbonyl (C=O) groups is 1. The number of pyridine rings is 1. The lowest BCUT2D eigenvalue weighted by Gasteiger charge is -2.31. The van der Waals surface area contributed by atoms with E-state index in [0.29, 0.717) is 44.5 Å². The molecular formula is C30H31F3N6O3S. The SMILES string of the molecule is N#CC1(NC(=O)C2CCCCC2c2nn(-c3ccc(C(F)(F)F)cn3)cc2-c2ccc(N3CCS(=O)(=O)CC3)cc2)CC1. The molecular weight excluding hydrogens is 581 g/mol. The highest BCUT2D eigenvalue weighted by molar-refractivity contribution is 7.91. The molecule has 2 saturated carbocycles. The summed E-state index contributed by atoms with van der Waals surface area (Å²) in [4.78, 5) is 19.5. The van der Waals surface area contributed by atoms with E-state index in [-0.39, 0.29) is 29.1 Å². The Hall–Kier alpha value is -3.92. The fourth-order valence-corrected chi connectivity index (χ4v) is 7.20. The normalized spacial score (nSPS) is 22.9. The first-order valence-electron chi connectivity index (χ1n) is 14.4. The van der Waals surface area contributed by atoms with Gasteiger partial charge in [-0.1, -0.05) is 25.0 Å². The van der Waals surface area contributed by atoms with E-state index in [4.69, 9.17) is 5.10 Å². The summed E-state index contributed by atoms with van der Waals surface area (Å²) in [5.41, 5.74) is 1.43. The van der Waals surface area contributed by atoms with Gasteiger partial charge in [0.25, 0.3) is 0 Å². The van der Waals surface area contributed by atoms with E-state index in [1.165, 1.54) is 10.7 Å². The van der Waals surface area contributed by atoms with Crippen LogP contribution in [0.25, 0.3) is 16.9 Å². The molecule has 1 N–H and O–H groups in total. The second-order valence-electron chi connectivity index (χ2n) is 11.6. The minimum Gasteiger partial charge on any atom is -0.369 e. The van der Waals surface area contributed by atoms with Gasteiger partial charge in [-0.05, 0) is 55.5 Å². The molecule has 2 unspecified atom stereocenters. The van der Waals surface area contributed by atoms with Crippen molar-refractivity contribution in [2.24, 2.45) is 5.92 Å². The zero-order chi connectivity index (χ0) is 30.4. The number of nitrogens with zero attached hydrogens (tertiary/aromatic N) is 5. The van der Waals surface area contributed by atoms with Gasteiger partial charge in [0.1, 0.15) is 5.54 Å². The molecule has 13 heteroatoms. The first-order chi connectivity index (χ1) is 20.5. The van der Waals surface area contributed by atoms with Crippen molar-refractivity contribution in [2.75, 3.05) is 29.5 Å². The van der Waals surface area contributed by atoms with Crippen molar-refractivity contribution in [3.05, 3.63) is 60.0 Å². The Morgan fingerprint density at radius 3 is 2.35 bits per heavy atom. The van der Waals surface area contributed by atoms with Crippen LogP contribution in [0.5, 0.6) is 0 Å². The topological polar surface area (TPSA) is 121 Å². The minimum atomic E-state index is -4.52. The molecule has 1 aliphatic heterocycles. The number of halogens is 3. The molecule has 0 spiro atoms. The van der Waals surface area contributed by atoms with Crippen molar-refractivity contribution < 1.29 is 26.4 Å². The predicted molar refractivity (Wildman–Crippen MR) is 153 cm³/mol. The van der Waals surface area contributed by atoms with E-state index in [9.17, 15) is 31.6 Å². The summed E-state index contributed by atoms with van der Waals surface area (Å²) < 4.78 is 64.7. The highest BCUT2D eigenvalue weighted by atomic mass is 32.2. The van der Waals surface area contributed by atoms with Crippen LogP contribution in [0.15, 0.2) is 48.8 Å². The molecule has 43 heavy (non-hydrogen) atoms. The lowest BCUT2D eigenvalue weighted by atomic mass is 9.75. The lowest BCUT2D eigenvalue weighted by molar-refractivity contribution is -0.137. The van der Waals surface area contributed by atoms with Crippen molar-refractivity contribution in [1.82, 2.24) is 20.1 Å². The van der Waals surface area contributed by atoms with Crippen molar-refractivity contribution in [3.8, 4) is 23.0 Å². The molecule has 1 aromatic carbocycles. The Balaban J connectivity index is 1.35. The monoisotopic (exact) mass is 612 g/mol. The van der Waals surface area contributed by atoms with Crippen LogP contribution in [0, 0.1) is 17.2 Å². The molecule has 0 bridgehead atoms. The van der Waals surface area contributed by atoms with Crippen molar-refractivity contribution in [3.63, 3.8) is 0 Å². The van der Waals surface area contributed by atoms with Crippen LogP contribution in [-0.2, 0) is 20.8 Å². The Bertz CT molecular complexity index is 1640. The number of sulfone groups is 1. The summed E-state index contributed by atoms with van der Waals surface area (Å²) in [5.74, 6) is -0.427. The smallest absolute Gasteiger partial charge is 0.369 e. The van der Waals surface area contributed by atoms with Gasteiger partial charge in [-0.25, -0.2) is 18.1 Å². The van der Waals surface area contributed by atoms with Gasteiger partial charge >= 0.3 is 6.18 Å². The first-order valence-corrected chi connectivity index (χ1v) is 16.2. The van der Waals surface area contributed by atoms with Gasteiger partial charge < -0.3 is 10.2 Å². The van der Waals surface area contributed by atoms with E-state index < -0.39 is 33.0 Å². The summed E-state index contributed by atoms with van der Waals surface area (Å²) in [6.45, 7) is 0.820. The fourth-order valence-electron chi connectivity index (χ4n) is 6.00. The van der Waals surface area contributed by atoms with Gasteiger partial charge in [0.05, 0.1) is 28.8 Å². The van der Waals surface area contributed by atoms with Gasteiger partial charge in [0.2, 0.25) is 5.91 Å². The number of benzene rings is 1. The molecule has 3 aliphatic rings. The van der Waals surface area contributed by atoms with Crippen LogP contribution in [-0.4, -0.2) is 59.2 Å². The maximum absolute atomic E-state index is 13.5. The molecule has 3 heterocycles. The molecule has 1 amide bonds. The Morgan fingerprint density at radius 2 is 1.74 bits per heavy atom. The predicted octanol–water partition coefficient (Wildman–Crippen LogP) is 4.63. The first kappa shape index (κ1) is 29.2. The van der Waals surface area contributed by atoms with Crippen molar-refractivity contribution >= 4 is 21.4 Å². The Kier molecular flexibility index (Phi) is 7.44. The average Bonchev–Trinajstić information content (AvgIpc) is 3.63. The van der Waals surface area contributed by atoms with E-state index in [1.54, 1.807) is 6.20 Å². The van der Waals surface area contributed by atoms with E-state index in [0.717, 1.165) is 41.9 Å². The zero-order valence-electron chi connectivity index (χ0n) is 23.3. The van der Waals surface area contributed by atoms with Crippen molar-refractivity contribution in [1.29, 1.82) is 5.26 Å². The van der Waals surface area contributed by atoms with E-state index in [1.807, 2.05) is 29.2 Å². The number of aromatic nitrogens is 3. The number of nitriles is 1. The molecule has 2 aliphatic carbocycles. The minimum absolute atomic E-state index is 0.101. The third-order valence-corrected chi connectivity index (χ3v) is 10.3. The van der Waals surface area contributed by atoms with Crippen LogP contribution >= 0.6 is 0 Å². The summed E-state index contributed by atoms with van der Waals surface area (Å²) in [7, 11) is -3.02. The molecule has 2 atom stereocenters. The molecule has 3 aromatic rings. The third kappa shape index (κ3) is 6.11. The van der Waals surface area contributed by atoms with Gasteiger partial charge in [-0.3, -0.25) is 4.79 Å². The van der Waals surface area contributed by atoms with E-state index >= 15 is 0 Å². The number of alkyl halides is 3. The van der Waals surface area contributed by atoms with Gasteiger partial charge in [-0.15, -0.1) is 0 Å². The molecule has 0 radical (unpaired) electrons. The Labute approximate surface area is 247 Å². The van der Waals surface area contributed by atoms with Crippen LogP contribution < -0.4 is 10.2 Å².